The highest BCUT2D eigenvalue weighted by molar-refractivity contribution is 5.88. The molecule has 1 rings (SSSR count). The fourth-order valence-corrected chi connectivity index (χ4v) is 1.02. The Hall–Kier alpha value is -1.03. The molecule has 0 spiro atoms. The maximum absolute atomic E-state index is 8.52. The van der Waals surface area contributed by atoms with Crippen LogP contribution >= 0.6 is 0 Å². The van der Waals surface area contributed by atoms with Gasteiger partial charge in [-0.15, -0.1) is 0 Å². The number of ether oxygens (including phenoxy) is 2. The Morgan fingerprint density at radius 3 is 2.75 bits per heavy atom. The third-order valence-electron chi connectivity index (χ3n) is 1.57. The summed E-state index contributed by atoms with van der Waals surface area (Å²) in [6.45, 7) is 3.85. The summed E-state index contributed by atoms with van der Waals surface area (Å²) < 4.78 is 10.3. The lowest BCUT2D eigenvalue weighted by molar-refractivity contribution is 0.0520. The van der Waals surface area contributed by atoms with Crippen LogP contribution in [-0.4, -0.2) is 29.8 Å². The molecule has 12 heavy (non-hydrogen) atoms. The van der Waals surface area contributed by atoms with E-state index in [4.69, 9.17) is 20.0 Å². The minimum atomic E-state index is -0.563. The van der Waals surface area contributed by atoms with Crippen molar-refractivity contribution >= 4 is 5.90 Å². The van der Waals surface area contributed by atoms with E-state index >= 15 is 0 Å². The van der Waals surface area contributed by atoms with Crippen LogP contribution in [0, 0.1) is 5.41 Å². The van der Waals surface area contributed by atoms with Gasteiger partial charge in [0.2, 0.25) is 5.90 Å². The Balaban J connectivity index is 2.61. The molecule has 0 fully saturated rings. The first kappa shape index (κ1) is 9.06. The molecule has 1 aliphatic rings. The zero-order valence-electron chi connectivity index (χ0n) is 7.26. The quantitative estimate of drug-likeness (QED) is 0.655. The zero-order chi connectivity index (χ0) is 9.19. The minimum Gasteiger partial charge on any atom is -0.491 e. The standard InChI is InChI=1S/C8H13NO3/c1-8(2)6(11-4-3-10)5-7(9)12-8/h5,9-10H,3-4H2,1-2H3. The van der Waals surface area contributed by atoms with Gasteiger partial charge in [0, 0.05) is 6.08 Å². The Kier molecular flexibility index (Phi) is 2.38. The van der Waals surface area contributed by atoms with Gasteiger partial charge >= 0.3 is 0 Å². The molecule has 0 saturated heterocycles. The van der Waals surface area contributed by atoms with E-state index in [1.807, 2.05) is 13.8 Å². The molecule has 68 valence electrons. The molecule has 0 atom stereocenters. The second-order valence-electron chi connectivity index (χ2n) is 3.06. The molecule has 0 bridgehead atoms. The molecular formula is C8H13NO3. The van der Waals surface area contributed by atoms with Crippen LogP contribution in [0.1, 0.15) is 13.8 Å². The van der Waals surface area contributed by atoms with Gasteiger partial charge in [-0.05, 0) is 13.8 Å². The number of aliphatic hydroxyl groups excluding tert-OH is 1. The van der Waals surface area contributed by atoms with E-state index in [-0.39, 0.29) is 19.1 Å². The highest BCUT2D eigenvalue weighted by atomic mass is 16.6. The van der Waals surface area contributed by atoms with Gasteiger partial charge in [-0.1, -0.05) is 0 Å². The first-order valence-corrected chi connectivity index (χ1v) is 3.79. The van der Waals surface area contributed by atoms with Gasteiger partial charge < -0.3 is 14.6 Å². The minimum absolute atomic E-state index is 0.0270. The van der Waals surface area contributed by atoms with E-state index < -0.39 is 5.60 Å². The monoisotopic (exact) mass is 171 g/mol. The van der Waals surface area contributed by atoms with E-state index in [1.54, 1.807) is 0 Å². The summed E-state index contributed by atoms with van der Waals surface area (Å²) in [6, 6.07) is 0. The fraction of sp³-hybridized carbons (Fsp3) is 0.625. The molecule has 0 aromatic carbocycles. The number of hydrogen-bond acceptors (Lipinski definition) is 4. The average molecular weight is 171 g/mol. The van der Waals surface area contributed by atoms with Crippen molar-refractivity contribution in [1.82, 2.24) is 0 Å². The first-order valence-electron chi connectivity index (χ1n) is 3.79. The van der Waals surface area contributed by atoms with Gasteiger partial charge in [0.1, 0.15) is 12.4 Å². The summed E-state index contributed by atoms with van der Waals surface area (Å²) in [5.41, 5.74) is -0.563. The van der Waals surface area contributed by atoms with Crippen LogP contribution < -0.4 is 0 Å². The van der Waals surface area contributed by atoms with Crippen molar-refractivity contribution in [3.63, 3.8) is 0 Å². The Morgan fingerprint density at radius 2 is 2.33 bits per heavy atom. The molecule has 0 aromatic rings. The molecule has 1 aliphatic heterocycles. The Labute approximate surface area is 71.3 Å². The van der Waals surface area contributed by atoms with Gasteiger partial charge in [-0.25, -0.2) is 0 Å². The summed E-state index contributed by atoms with van der Waals surface area (Å²) in [4.78, 5) is 0. The number of hydrogen-bond donors (Lipinski definition) is 2. The topological polar surface area (TPSA) is 62.5 Å². The molecule has 2 N–H and O–H groups in total. The van der Waals surface area contributed by atoms with Crippen LogP contribution in [0.5, 0.6) is 0 Å². The summed E-state index contributed by atoms with van der Waals surface area (Å²) >= 11 is 0. The van der Waals surface area contributed by atoms with Crippen molar-refractivity contribution in [2.45, 2.75) is 19.4 Å². The van der Waals surface area contributed by atoms with Crippen LogP contribution in [0.15, 0.2) is 11.8 Å². The van der Waals surface area contributed by atoms with E-state index in [2.05, 4.69) is 0 Å². The molecule has 0 amide bonds. The van der Waals surface area contributed by atoms with Crippen LogP contribution in [0.2, 0.25) is 0 Å². The maximum atomic E-state index is 8.52. The van der Waals surface area contributed by atoms with Crippen LogP contribution in [-0.2, 0) is 9.47 Å². The normalized spacial score (nSPS) is 20.2. The molecule has 0 aliphatic carbocycles. The first-order chi connectivity index (χ1) is 5.56. The summed E-state index contributed by atoms with van der Waals surface area (Å²) in [6.07, 6.45) is 1.52. The fourth-order valence-electron chi connectivity index (χ4n) is 1.02. The van der Waals surface area contributed by atoms with Crippen molar-refractivity contribution < 1.29 is 14.6 Å². The Bertz CT molecular complexity index is 220. The van der Waals surface area contributed by atoms with Gasteiger partial charge in [0.05, 0.1) is 6.61 Å². The number of aliphatic hydroxyl groups is 1. The van der Waals surface area contributed by atoms with Crippen molar-refractivity contribution in [3.05, 3.63) is 11.8 Å². The van der Waals surface area contributed by atoms with Crippen molar-refractivity contribution in [1.29, 1.82) is 5.41 Å². The molecule has 1 heterocycles. The van der Waals surface area contributed by atoms with E-state index in [0.29, 0.717) is 5.76 Å². The molecule has 0 unspecified atom stereocenters. The predicted octanol–water partition coefficient (Wildman–Crippen LogP) is 0.665. The van der Waals surface area contributed by atoms with Crippen molar-refractivity contribution in [2.75, 3.05) is 13.2 Å². The van der Waals surface area contributed by atoms with E-state index in [9.17, 15) is 0 Å². The third-order valence-corrected chi connectivity index (χ3v) is 1.57. The highest BCUT2D eigenvalue weighted by Gasteiger charge is 2.33. The van der Waals surface area contributed by atoms with Crippen molar-refractivity contribution in [3.8, 4) is 0 Å². The Morgan fingerprint density at radius 1 is 1.67 bits per heavy atom. The van der Waals surface area contributed by atoms with Gasteiger partial charge in [0.15, 0.2) is 5.60 Å². The zero-order valence-corrected chi connectivity index (χ0v) is 7.26. The molecule has 0 aromatic heterocycles. The lowest BCUT2D eigenvalue weighted by Crippen LogP contribution is -2.25. The largest absolute Gasteiger partial charge is 0.491 e. The number of nitrogens with one attached hydrogen (secondary N) is 1. The highest BCUT2D eigenvalue weighted by Crippen LogP contribution is 2.27. The summed E-state index contributed by atoms with van der Waals surface area (Å²) in [7, 11) is 0. The van der Waals surface area contributed by atoms with Crippen molar-refractivity contribution in [2.24, 2.45) is 0 Å². The van der Waals surface area contributed by atoms with Gasteiger partial charge in [-0.2, -0.15) is 0 Å². The SMILES string of the molecule is CC1(C)OC(=N)C=C1OCCO. The van der Waals surface area contributed by atoms with Crippen LogP contribution in [0.3, 0.4) is 0 Å². The van der Waals surface area contributed by atoms with Crippen LogP contribution in [0.25, 0.3) is 0 Å². The van der Waals surface area contributed by atoms with E-state index in [0.717, 1.165) is 0 Å². The summed E-state index contributed by atoms with van der Waals surface area (Å²) in [5.74, 6) is 0.703. The van der Waals surface area contributed by atoms with E-state index in [1.165, 1.54) is 6.08 Å². The second-order valence-corrected chi connectivity index (χ2v) is 3.06. The summed E-state index contributed by atoms with van der Waals surface area (Å²) in [5, 5.41) is 15.7. The lowest BCUT2D eigenvalue weighted by atomic mass is 10.1. The molecule has 0 saturated carbocycles. The maximum Gasteiger partial charge on any atom is 0.210 e. The average Bonchev–Trinajstić information content (AvgIpc) is 2.20. The van der Waals surface area contributed by atoms with Gasteiger partial charge in [-0.3, -0.25) is 5.41 Å². The van der Waals surface area contributed by atoms with Gasteiger partial charge in [0.25, 0.3) is 0 Å². The molecular weight excluding hydrogens is 158 g/mol. The predicted molar refractivity (Wildman–Crippen MR) is 44.0 cm³/mol. The lowest BCUT2D eigenvalue weighted by Gasteiger charge is -2.21. The third kappa shape index (κ3) is 1.76. The molecule has 0 radical (unpaired) electrons. The molecule has 4 heteroatoms. The number of rotatable bonds is 3. The second kappa shape index (κ2) is 3.15. The molecule has 4 nitrogen and oxygen atoms in total. The van der Waals surface area contributed by atoms with Crippen LogP contribution in [0.4, 0.5) is 0 Å². The smallest absolute Gasteiger partial charge is 0.210 e.